The van der Waals surface area contributed by atoms with Gasteiger partial charge >= 0.3 is 0 Å². The molecule has 0 heterocycles. The highest BCUT2D eigenvalue weighted by molar-refractivity contribution is 5.30. The maximum atomic E-state index is 9.82. The quantitative estimate of drug-likeness (QED) is 0.776. The van der Waals surface area contributed by atoms with E-state index in [0.717, 1.165) is 16.7 Å². The van der Waals surface area contributed by atoms with Crippen molar-refractivity contribution in [3.8, 4) is 6.07 Å². The van der Waals surface area contributed by atoms with E-state index in [9.17, 15) is 5.11 Å². The molecule has 0 saturated carbocycles. The number of hydrogen-bond donors (Lipinski definition) is 1. The zero-order valence-electron chi connectivity index (χ0n) is 8.78. The molecule has 0 amide bonds. The van der Waals surface area contributed by atoms with Crippen molar-refractivity contribution in [1.82, 2.24) is 0 Å². The summed E-state index contributed by atoms with van der Waals surface area (Å²) >= 11 is 0. The number of aryl methyl sites for hydroxylation is 2. The van der Waals surface area contributed by atoms with E-state index < -0.39 is 6.10 Å². The van der Waals surface area contributed by atoms with Crippen molar-refractivity contribution >= 4 is 0 Å². The largest absolute Gasteiger partial charge is 0.387 e. The Morgan fingerprint density at radius 2 is 1.71 bits per heavy atom. The summed E-state index contributed by atoms with van der Waals surface area (Å²) in [5.41, 5.74) is 3.06. The second-order valence-corrected chi connectivity index (χ2v) is 3.78. The van der Waals surface area contributed by atoms with Gasteiger partial charge in [0, 0.05) is 0 Å². The van der Waals surface area contributed by atoms with Gasteiger partial charge in [-0.05, 0) is 26.3 Å². The molecule has 0 radical (unpaired) electrons. The van der Waals surface area contributed by atoms with Crippen molar-refractivity contribution in [2.75, 3.05) is 0 Å². The van der Waals surface area contributed by atoms with Crippen LogP contribution in [0.5, 0.6) is 0 Å². The van der Waals surface area contributed by atoms with Crippen LogP contribution in [0, 0.1) is 31.1 Å². The first kappa shape index (κ1) is 10.7. The van der Waals surface area contributed by atoms with Crippen LogP contribution in [0.15, 0.2) is 18.2 Å². The number of hydrogen-bond acceptors (Lipinski definition) is 2. The number of benzene rings is 1. The van der Waals surface area contributed by atoms with Gasteiger partial charge in [-0.15, -0.1) is 0 Å². The highest BCUT2D eigenvalue weighted by Crippen LogP contribution is 2.23. The smallest absolute Gasteiger partial charge is 0.0945 e. The third kappa shape index (κ3) is 2.34. The van der Waals surface area contributed by atoms with E-state index in [-0.39, 0.29) is 5.92 Å². The van der Waals surface area contributed by atoms with Gasteiger partial charge in [-0.25, -0.2) is 0 Å². The summed E-state index contributed by atoms with van der Waals surface area (Å²) in [5, 5.41) is 18.5. The minimum Gasteiger partial charge on any atom is -0.387 e. The van der Waals surface area contributed by atoms with E-state index in [1.165, 1.54) is 0 Å². The predicted octanol–water partition coefficient (Wildman–Crippen LogP) is 2.50. The van der Waals surface area contributed by atoms with E-state index >= 15 is 0 Å². The van der Waals surface area contributed by atoms with Crippen LogP contribution in [-0.4, -0.2) is 5.11 Å². The first-order valence-electron chi connectivity index (χ1n) is 4.70. The number of aliphatic hydroxyl groups is 1. The first-order chi connectivity index (χ1) is 6.54. The van der Waals surface area contributed by atoms with E-state index in [1.807, 2.05) is 32.0 Å². The zero-order valence-corrected chi connectivity index (χ0v) is 8.78. The summed E-state index contributed by atoms with van der Waals surface area (Å²) in [6, 6.07) is 7.95. The summed E-state index contributed by atoms with van der Waals surface area (Å²) in [6.07, 6.45) is -0.682. The molecule has 0 bridgehead atoms. The Balaban J connectivity index is 3.02. The summed E-state index contributed by atoms with van der Waals surface area (Å²) in [7, 11) is 0. The third-order valence-electron chi connectivity index (χ3n) is 2.26. The van der Waals surface area contributed by atoms with E-state index in [2.05, 4.69) is 6.07 Å². The van der Waals surface area contributed by atoms with Crippen molar-refractivity contribution in [3.63, 3.8) is 0 Å². The van der Waals surface area contributed by atoms with Crippen LogP contribution in [0.2, 0.25) is 0 Å². The molecule has 2 heteroatoms. The second-order valence-electron chi connectivity index (χ2n) is 3.78. The summed E-state index contributed by atoms with van der Waals surface area (Å²) < 4.78 is 0. The zero-order chi connectivity index (χ0) is 10.7. The van der Waals surface area contributed by atoms with E-state index in [0.29, 0.717) is 0 Å². The fourth-order valence-corrected chi connectivity index (χ4v) is 1.54. The van der Waals surface area contributed by atoms with Gasteiger partial charge in [-0.3, -0.25) is 0 Å². The maximum Gasteiger partial charge on any atom is 0.0945 e. The lowest BCUT2D eigenvalue weighted by atomic mass is 9.96. The molecule has 74 valence electrons. The number of aliphatic hydroxyl groups excluding tert-OH is 1. The van der Waals surface area contributed by atoms with Crippen LogP contribution in [0.1, 0.15) is 29.7 Å². The van der Waals surface area contributed by atoms with E-state index in [4.69, 9.17) is 5.26 Å². The lowest BCUT2D eigenvalue weighted by molar-refractivity contribution is 0.142. The Labute approximate surface area is 84.8 Å². The molecule has 14 heavy (non-hydrogen) atoms. The molecule has 0 fully saturated rings. The normalized spacial score (nSPS) is 14.5. The molecule has 0 aliphatic heterocycles. The molecular formula is C12H15NO. The summed E-state index contributed by atoms with van der Waals surface area (Å²) in [6.45, 7) is 5.70. The van der Waals surface area contributed by atoms with Gasteiger partial charge in [0.2, 0.25) is 0 Å². The molecule has 2 unspecified atom stereocenters. The lowest BCUT2D eigenvalue weighted by Gasteiger charge is -2.14. The van der Waals surface area contributed by atoms with Crippen LogP contribution in [0.3, 0.4) is 0 Å². The van der Waals surface area contributed by atoms with Crippen molar-refractivity contribution in [3.05, 3.63) is 34.9 Å². The SMILES string of the molecule is Cc1cc(C)cc(C(O)C(C)C#N)c1. The van der Waals surface area contributed by atoms with Crippen molar-refractivity contribution in [1.29, 1.82) is 5.26 Å². The monoisotopic (exact) mass is 189 g/mol. The second kappa shape index (κ2) is 4.26. The highest BCUT2D eigenvalue weighted by Gasteiger charge is 2.15. The van der Waals surface area contributed by atoms with Crippen LogP contribution < -0.4 is 0 Å². The average molecular weight is 189 g/mol. The molecule has 2 nitrogen and oxygen atoms in total. The summed E-state index contributed by atoms with van der Waals surface area (Å²) in [5.74, 6) is -0.365. The molecule has 0 aliphatic carbocycles. The van der Waals surface area contributed by atoms with Gasteiger partial charge in [0.15, 0.2) is 0 Å². The van der Waals surface area contributed by atoms with Crippen LogP contribution >= 0.6 is 0 Å². The molecule has 0 spiro atoms. The van der Waals surface area contributed by atoms with Gasteiger partial charge in [0.1, 0.15) is 0 Å². The Hall–Kier alpha value is -1.33. The van der Waals surface area contributed by atoms with Crippen LogP contribution in [-0.2, 0) is 0 Å². The Kier molecular flexibility index (Phi) is 3.27. The first-order valence-corrected chi connectivity index (χ1v) is 4.70. The molecule has 1 aromatic rings. The van der Waals surface area contributed by atoms with Gasteiger partial charge in [-0.2, -0.15) is 5.26 Å². The molecule has 0 saturated heterocycles. The number of nitriles is 1. The Morgan fingerprint density at radius 3 is 2.14 bits per heavy atom. The van der Waals surface area contributed by atoms with Gasteiger partial charge in [-0.1, -0.05) is 29.3 Å². The third-order valence-corrected chi connectivity index (χ3v) is 2.26. The van der Waals surface area contributed by atoms with Crippen molar-refractivity contribution in [2.45, 2.75) is 26.9 Å². The van der Waals surface area contributed by atoms with Crippen LogP contribution in [0.25, 0.3) is 0 Å². The number of rotatable bonds is 2. The van der Waals surface area contributed by atoms with Gasteiger partial charge in [0.25, 0.3) is 0 Å². The molecule has 0 aliphatic rings. The molecule has 1 rings (SSSR count). The minimum atomic E-state index is -0.682. The Bertz CT molecular complexity index is 345. The van der Waals surface area contributed by atoms with E-state index in [1.54, 1.807) is 6.92 Å². The molecular weight excluding hydrogens is 174 g/mol. The van der Waals surface area contributed by atoms with Crippen molar-refractivity contribution < 1.29 is 5.11 Å². The van der Waals surface area contributed by atoms with Crippen LogP contribution in [0.4, 0.5) is 0 Å². The summed E-state index contributed by atoms with van der Waals surface area (Å²) in [4.78, 5) is 0. The number of nitrogens with zero attached hydrogens (tertiary/aromatic N) is 1. The highest BCUT2D eigenvalue weighted by atomic mass is 16.3. The molecule has 1 N–H and O–H groups in total. The topological polar surface area (TPSA) is 44.0 Å². The predicted molar refractivity (Wildman–Crippen MR) is 55.7 cm³/mol. The Morgan fingerprint density at radius 1 is 1.21 bits per heavy atom. The maximum absolute atomic E-state index is 9.82. The van der Waals surface area contributed by atoms with Gasteiger partial charge in [0.05, 0.1) is 18.1 Å². The molecule has 1 aromatic carbocycles. The average Bonchev–Trinajstić information content (AvgIpc) is 2.14. The fourth-order valence-electron chi connectivity index (χ4n) is 1.54. The lowest BCUT2D eigenvalue weighted by Crippen LogP contribution is -2.07. The minimum absolute atomic E-state index is 0.365. The van der Waals surface area contributed by atoms with Gasteiger partial charge < -0.3 is 5.11 Å². The molecule has 0 aromatic heterocycles. The fraction of sp³-hybridized carbons (Fsp3) is 0.417. The molecule has 2 atom stereocenters. The van der Waals surface area contributed by atoms with Crippen molar-refractivity contribution in [2.24, 2.45) is 5.92 Å². The standard InChI is InChI=1S/C12H15NO/c1-8-4-9(2)6-11(5-8)12(14)10(3)7-13/h4-6,10,12,14H,1-3H3.